The Kier molecular flexibility index (Phi) is 6.57. The summed E-state index contributed by atoms with van der Waals surface area (Å²) in [7, 11) is 0. The number of carbonyl (C=O) groups is 2. The first-order chi connectivity index (χ1) is 14.4. The van der Waals surface area contributed by atoms with E-state index >= 15 is 0 Å². The lowest BCUT2D eigenvalue weighted by atomic mass is 10.3. The molecule has 1 aromatic carbocycles. The Hall–Kier alpha value is -3.54. The summed E-state index contributed by atoms with van der Waals surface area (Å²) in [6.45, 7) is 2.51. The highest BCUT2D eigenvalue weighted by Crippen LogP contribution is 2.22. The van der Waals surface area contributed by atoms with Gasteiger partial charge in [-0.25, -0.2) is 0 Å². The maximum absolute atomic E-state index is 12.6. The van der Waals surface area contributed by atoms with Crippen molar-refractivity contribution in [3.63, 3.8) is 0 Å². The zero-order valence-corrected chi connectivity index (χ0v) is 17.5. The van der Waals surface area contributed by atoms with Gasteiger partial charge in [-0.2, -0.15) is 9.78 Å². The van der Waals surface area contributed by atoms with Crippen molar-refractivity contribution in [2.75, 3.05) is 10.6 Å². The SMILES string of the molecule is CCn1cc(NC(=O)CCn2cc(Br)c([N+](=O)[O-])n2)c(C(=O)Nc2ccccc2)n1. The van der Waals surface area contributed by atoms with E-state index in [2.05, 4.69) is 36.8 Å². The van der Waals surface area contributed by atoms with Crippen LogP contribution in [0, 0.1) is 10.1 Å². The summed E-state index contributed by atoms with van der Waals surface area (Å²) < 4.78 is 3.08. The van der Waals surface area contributed by atoms with Gasteiger partial charge in [0.15, 0.2) is 5.69 Å². The number of hydrogen-bond donors (Lipinski definition) is 2. The third-order valence-electron chi connectivity index (χ3n) is 4.05. The van der Waals surface area contributed by atoms with Gasteiger partial charge < -0.3 is 20.7 Å². The standard InChI is InChI=1S/C18H18BrN7O4/c1-2-24-11-14(16(22-24)18(28)20-12-6-4-3-5-7-12)21-15(27)8-9-25-10-13(19)17(23-25)26(29)30/h3-7,10-11H,2,8-9H2,1H3,(H,20,28)(H,21,27). The maximum Gasteiger partial charge on any atom is 0.404 e. The monoisotopic (exact) mass is 475 g/mol. The second-order valence-corrected chi connectivity index (χ2v) is 7.04. The molecule has 0 saturated heterocycles. The molecule has 0 spiro atoms. The van der Waals surface area contributed by atoms with Gasteiger partial charge in [0.25, 0.3) is 5.91 Å². The molecular formula is C18H18BrN7O4. The number of halogens is 1. The summed E-state index contributed by atoms with van der Waals surface area (Å²) in [6, 6.07) is 8.91. The number of nitrogens with zero attached hydrogens (tertiary/aromatic N) is 5. The topological polar surface area (TPSA) is 137 Å². The Morgan fingerprint density at radius 2 is 1.87 bits per heavy atom. The van der Waals surface area contributed by atoms with Gasteiger partial charge in [0, 0.05) is 24.8 Å². The molecule has 2 amide bonds. The van der Waals surface area contributed by atoms with Crippen LogP contribution in [0.4, 0.5) is 17.2 Å². The number of rotatable bonds is 8. The summed E-state index contributed by atoms with van der Waals surface area (Å²) in [5.74, 6) is -1.15. The number of carbonyl (C=O) groups excluding carboxylic acids is 2. The predicted molar refractivity (Wildman–Crippen MR) is 112 cm³/mol. The number of nitro groups is 1. The first-order valence-corrected chi connectivity index (χ1v) is 9.77. The van der Waals surface area contributed by atoms with Gasteiger partial charge in [-0.15, -0.1) is 0 Å². The molecule has 3 rings (SSSR count). The van der Waals surface area contributed by atoms with Gasteiger partial charge >= 0.3 is 5.82 Å². The number of benzene rings is 1. The molecule has 30 heavy (non-hydrogen) atoms. The zero-order valence-electron chi connectivity index (χ0n) is 15.9. The molecular weight excluding hydrogens is 458 g/mol. The van der Waals surface area contributed by atoms with E-state index in [0.29, 0.717) is 12.2 Å². The molecule has 12 heteroatoms. The van der Waals surface area contributed by atoms with Gasteiger partial charge in [-0.05, 0) is 39.9 Å². The molecule has 0 radical (unpaired) electrons. The van der Waals surface area contributed by atoms with E-state index in [1.165, 1.54) is 10.9 Å². The van der Waals surface area contributed by atoms with E-state index in [4.69, 9.17) is 0 Å². The smallest absolute Gasteiger partial charge is 0.358 e. The quantitative estimate of drug-likeness (QED) is 0.379. The average Bonchev–Trinajstić information content (AvgIpc) is 3.30. The lowest BCUT2D eigenvalue weighted by molar-refractivity contribution is -0.390. The van der Waals surface area contributed by atoms with Crippen LogP contribution >= 0.6 is 15.9 Å². The molecule has 0 saturated carbocycles. The fraction of sp³-hybridized carbons (Fsp3) is 0.222. The first kappa shape index (κ1) is 21.2. The Morgan fingerprint density at radius 3 is 2.50 bits per heavy atom. The molecule has 0 atom stereocenters. The van der Waals surface area contributed by atoms with E-state index < -0.39 is 10.8 Å². The fourth-order valence-corrected chi connectivity index (χ4v) is 3.07. The average molecular weight is 476 g/mol. The largest absolute Gasteiger partial charge is 0.404 e. The van der Waals surface area contributed by atoms with Crippen molar-refractivity contribution >= 4 is 44.9 Å². The van der Waals surface area contributed by atoms with Crippen LogP contribution in [-0.4, -0.2) is 36.3 Å². The van der Waals surface area contributed by atoms with Crippen LogP contribution in [0.5, 0.6) is 0 Å². The third-order valence-corrected chi connectivity index (χ3v) is 4.61. The minimum absolute atomic E-state index is 0.00231. The molecule has 3 aromatic rings. The Labute approximate surface area is 179 Å². The van der Waals surface area contributed by atoms with Crippen molar-refractivity contribution in [2.45, 2.75) is 26.4 Å². The molecule has 2 N–H and O–H groups in total. The lowest BCUT2D eigenvalue weighted by Crippen LogP contribution is -2.19. The fourth-order valence-electron chi connectivity index (χ4n) is 2.61. The van der Waals surface area contributed by atoms with Crippen LogP contribution in [0.1, 0.15) is 23.8 Å². The molecule has 0 unspecified atom stereocenters. The van der Waals surface area contributed by atoms with E-state index in [9.17, 15) is 19.7 Å². The van der Waals surface area contributed by atoms with Crippen molar-refractivity contribution in [3.05, 3.63) is 63.0 Å². The van der Waals surface area contributed by atoms with Gasteiger partial charge in [0.1, 0.15) is 4.47 Å². The van der Waals surface area contributed by atoms with Crippen LogP contribution in [-0.2, 0) is 17.9 Å². The van der Waals surface area contributed by atoms with E-state index in [1.807, 2.05) is 13.0 Å². The minimum atomic E-state index is -0.614. The second kappa shape index (κ2) is 9.31. The third kappa shape index (κ3) is 5.08. The molecule has 0 bridgehead atoms. The van der Waals surface area contributed by atoms with Crippen molar-refractivity contribution < 1.29 is 14.5 Å². The molecule has 2 heterocycles. The van der Waals surface area contributed by atoms with Crippen LogP contribution < -0.4 is 10.6 Å². The Balaban J connectivity index is 1.67. The summed E-state index contributed by atoms with van der Waals surface area (Å²) in [4.78, 5) is 35.2. The van der Waals surface area contributed by atoms with Gasteiger partial charge in [0.05, 0.1) is 23.5 Å². The molecule has 0 aliphatic heterocycles. The Bertz CT molecular complexity index is 1080. The highest BCUT2D eigenvalue weighted by Gasteiger charge is 2.21. The van der Waals surface area contributed by atoms with Crippen LogP contribution in [0.15, 0.2) is 47.2 Å². The summed E-state index contributed by atoms with van der Waals surface area (Å²) in [5.41, 5.74) is 0.978. The number of amides is 2. The zero-order chi connectivity index (χ0) is 21.7. The molecule has 2 aromatic heterocycles. The van der Waals surface area contributed by atoms with Crippen molar-refractivity contribution in [1.82, 2.24) is 19.6 Å². The van der Waals surface area contributed by atoms with Crippen molar-refractivity contribution in [3.8, 4) is 0 Å². The highest BCUT2D eigenvalue weighted by atomic mass is 79.9. The van der Waals surface area contributed by atoms with Gasteiger partial charge in [-0.3, -0.25) is 14.3 Å². The summed E-state index contributed by atoms with van der Waals surface area (Å²) in [6.07, 6.45) is 3.01. The summed E-state index contributed by atoms with van der Waals surface area (Å²) in [5, 5.41) is 24.3. The van der Waals surface area contributed by atoms with Gasteiger partial charge in [0.2, 0.25) is 5.91 Å². The molecule has 0 fully saturated rings. The van der Waals surface area contributed by atoms with Crippen LogP contribution in [0.2, 0.25) is 0 Å². The van der Waals surface area contributed by atoms with Crippen molar-refractivity contribution in [2.24, 2.45) is 0 Å². The number of hydrogen-bond acceptors (Lipinski definition) is 6. The molecule has 0 aliphatic rings. The second-order valence-electron chi connectivity index (χ2n) is 6.19. The minimum Gasteiger partial charge on any atom is -0.358 e. The normalized spacial score (nSPS) is 10.6. The molecule has 156 valence electrons. The molecule has 0 aliphatic carbocycles. The molecule has 11 nitrogen and oxygen atoms in total. The van der Waals surface area contributed by atoms with Crippen LogP contribution in [0.25, 0.3) is 0 Å². The maximum atomic E-state index is 12.6. The van der Waals surface area contributed by atoms with E-state index in [1.54, 1.807) is 35.1 Å². The summed E-state index contributed by atoms with van der Waals surface area (Å²) >= 11 is 3.06. The number of nitrogens with one attached hydrogen (secondary N) is 2. The van der Waals surface area contributed by atoms with E-state index in [0.717, 1.165) is 0 Å². The van der Waals surface area contributed by atoms with Crippen LogP contribution in [0.3, 0.4) is 0 Å². The highest BCUT2D eigenvalue weighted by molar-refractivity contribution is 9.10. The van der Waals surface area contributed by atoms with Gasteiger partial charge in [-0.1, -0.05) is 18.2 Å². The first-order valence-electron chi connectivity index (χ1n) is 8.98. The lowest BCUT2D eigenvalue weighted by Gasteiger charge is -2.06. The Morgan fingerprint density at radius 1 is 1.13 bits per heavy atom. The number of aryl methyl sites for hydroxylation is 2. The number of anilines is 2. The number of para-hydroxylation sites is 1. The predicted octanol–water partition coefficient (Wildman–Crippen LogP) is 3.05. The van der Waals surface area contributed by atoms with Crippen molar-refractivity contribution in [1.29, 1.82) is 0 Å². The number of aromatic nitrogens is 4. The van der Waals surface area contributed by atoms with E-state index in [-0.39, 0.29) is 40.5 Å².